The second kappa shape index (κ2) is 11.6. The number of hydrogen-bond acceptors (Lipinski definition) is 8. The molecule has 1 aromatic heterocycles. The number of rotatable bonds is 6. The summed E-state index contributed by atoms with van der Waals surface area (Å²) in [5.41, 5.74) is 0.515. The topological polar surface area (TPSA) is 132 Å². The molecule has 2 aliphatic heterocycles. The standard InChI is InChI=1S/C31H30Cl2FN7O4/c1-30(2,3)14-24-31(19-10-8-16(32)12-22(19)36-28(31)42)25(18-6-5-7-20(33)26(18)34)27(38-24)45-29(43)37-21-11-9-17(13-23(21)44-4)41-15-35-39-40-41/h5-13,15,24-25,27,38H,14H2,1-4H3,(H,36,42)(H,37,43)/t24-,25-,27+,31+/m0/s1. The maximum absolute atomic E-state index is 15.9. The highest BCUT2D eigenvalue weighted by Crippen LogP contribution is 2.57. The van der Waals surface area contributed by atoms with Gasteiger partial charge in [-0.1, -0.05) is 62.2 Å². The van der Waals surface area contributed by atoms with Gasteiger partial charge in [0.15, 0.2) is 6.23 Å². The van der Waals surface area contributed by atoms with Crippen LogP contribution in [0, 0.1) is 11.2 Å². The van der Waals surface area contributed by atoms with Crippen LogP contribution >= 0.6 is 23.2 Å². The Morgan fingerprint density at radius 3 is 2.67 bits per heavy atom. The number of anilines is 2. The second-order valence-electron chi connectivity index (χ2n) is 12.2. The predicted octanol–water partition coefficient (Wildman–Crippen LogP) is 6.07. The van der Waals surface area contributed by atoms with Crippen LogP contribution in [0.25, 0.3) is 5.69 Å². The van der Waals surface area contributed by atoms with Gasteiger partial charge in [-0.3, -0.25) is 15.4 Å². The largest absolute Gasteiger partial charge is 0.494 e. The lowest BCUT2D eigenvalue weighted by Crippen LogP contribution is -2.49. The second-order valence-corrected chi connectivity index (χ2v) is 13.1. The van der Waals surface area contributed by atoms with Gasteiger partial charge >= 0.3 is 6.09 Å². The fraction of sp³-hybridized carbons (Fsp3) is 0.323. The molecule has 0 aliphatic carbocycles. The van der Waals surface area contributed by atoms with Crippen LogP contribution in [0.4, 0.5) is 20.6 Å². The molecule has 2 amide bonds. The van der Waals surface area contributed by atoms with E-state index < -0.39 is 35.5 Å². The third-order valence-electron chi connectivity index (χ3n) is 8.16. The van der Waals surface area contributed by atoms with Crippen molar-refractivity contribution in [3.63, 3.8) is 0 Å². The fourth-order valence-corrected chi connectivity index (χ4v) is 6.78. The molecule has 1 spiro atoms. The molecule has 6 rings (SSSR count). The first-order valence-electron chi connectivity index (χ1n) is 14.1. The van der Waals surface area contributed by atoms with Crippen molar-refractivity contribution >= 4 is 46.6 Å². The molecular weight excluding hydrogens is 624 g/mol. The van der Waals surface area contributed by atoms with Gasteiger partial charge in [-0.2, -0.15) is 0 Å². The summed E-state index contributed by atoms with van der Waals surface area (Å²) in [5, 5.41) is 20.5. The molecule has 3 N–H and O–H groups in total. The Morgan fingerprint density at radius 1 is 1.16 bits per heavy atom. The minimum Gasteiger partial charge on any atom is -0.494 e. The van der Waals surface area contributed by atoms with Gasteiger partial charge in [-0.25, -0.2) is 13.9 Å². The van der Waals surface area contributed by atoms with Gasteiger partial charge in [0.1, 0.15) is 23.3 Å². The van der Waals surface area contributed by atoms with Crippen LogP contribution in [-0.4, -0.2) is 51.6 Å². The van der Waals surface area contributed by atoms with Crippen LogP contribution in [0.3, 0.4) is 0 Å². The van der Waals surface area contributed by atoms with Crippen LogP contribution in [0.1, 0.15) is 44.2 Å². The first-order valence-corrected chi connectivity index (χ1v) is 14.9. The molecule has 3 aromatic carbocycles. The Kier molecular flexibility index (Phi) is 7.92. The number of benzene rings is 3. The molecule has 4 aromatic rings. The summed E-state index contributed by atoms with van der Waals surface area (Å²) in [5.74, 6) is -1.76. The summed E-state index contributed by atoms with van der Waals surface area (Å²) in [6.45, 7) is 6.12. The normalized spacial score (nSPS) is 22.3. The molecule has 11 nitrogen and oxygen atoms in total. The van der Waals surface area contributed by atoms with E-state index in [1.54, 1.807) is 48.5 Å². The lowest BCUT2D eigenvalue weighted by atomic mass is 9.63. The monoisotopic (exact) mass is 653 g/mol. The van der Waals surface area contributed by atoms with Gasteiger partial charge in [-0.05, 0) is 63.7 Å². The first-order chi connectivity index (χ1) is 21.4. The molecule has 14 heteroatoms. The van der Waals surface area contributed by atoms with Crippen molar-refractivity contribution in [2.75, 3.05) is 17.7 Å². The van der Waals surface area contributed by atoms with Crippen molar-refractivity contribution in [2.45, 2.75) is 50.8 Å². The number of halogens is 3. The minimum absolute atomic E-state index is 0.118. The number of nitrogens with one attached hydrogen (secondary N) is 3. The maximum Gasteiger partial charge on any atom is 0.413 e. The molecular formula is C31H30Cl2FN7O4. The number of aromatic nitrogens is 4. The van der Waals surface area contributed by atoms with E-state index in [2.05, 4.69) is 31.5 Å². The Morgan fingerprint density at radius 2 is 1.96 bits per heavy atom. The number of hydrogen-bond donors (Lipinski definition) is 3. The zero-order valence-corrected chi connectivity index (χ0v) is 26.3. The Balaban J connectivity index is 1.42. The van der Waals surface area contributed by atoms with Crippen molar-refractivity contribution in [3.05, 3.63) is 87.9 Å². The predicted molar refractivity (Wildman–Crippen MR) is 167 cm³/mol. The van der Waals surface area contributed by atoms with E-state index in [-0.39, 0.29) is 21.9 Å². The lowest BCUT2D eigenvalue weighted by Gasteiger charge is -2.37. The molecule has 4 atom stereocenters. The van der Waals surface area contributed by atoms with Crippen LogP contribution in [0.2, 0.25) is 10.0 Å². The number of amides is 2. The third-order valence-corrected chi connectivity index (χ3v) is 8.69. The zero-order valence-electron chi connectivity index (χ0n) is 24.8. The van der Waals surface area contributed by atoms with Gasteiger partial charge < -0.3 is 14.8 Å². The summed E-state index contributed by atoms with van der Waals surface area (Å²) >= 11 is 12.6. The van der Waals surface area contributed by atoms with E-state index in [0.717, 1.165) is 0 Å². The lowest BCUT2D eigenvalue weighted by molar-refractivity contribution is -0.122. The van der Waals surface area contributed by atoms with E-state index in [1.165, 1.54) is 24.2 Å². The number of carbonyl (C=O) groups is 2. The molecule has 1 fully saturated rings. The number of nitrogens with zero attached hydrogens (tertiary/aromatic N) is 4. The molecule has 3 heterocycles. The van der Waals surface area contributed by atoms with Crippen LogP contribution in [0.5, 0.6) is 5.75 Å². The summed E-state index contributed by atoms with van der Waals surface area (Å²) in [7, 11) is 1.45. The summed E-state index contributed by atoms with van der Waals surface area (Å²) < 4.78 is 28.9. The van der Waals surface area contributed by atoms with Crippen molar-refractivity contribution in [3.8, 4) is 11.4 Å². The van der Waals surface area contributed by atoms with Crippen molar-refractivity contribution in [1.82, 2.24) is 25.5 Å². The van der Waals surface area contributed by atoms with E-state index in [1.807, 2.05) is 20.8 Å². The number of ether oxygens (including phenoxy) is 2. The van der Waals surface area contributed by atoms with E-state index >= 15 is 4.39 Å². The van der Waals surface area contributed by atoms with Crippen LogP contribution < -0.4 is 20.7 Å². The minimum atomic E-state index is -1.38. The molecule has 45 heavy (non-hydrogen) atoms. The Bertz CT molecular complexity index is 1780. The number of methoxy groups -OCH3 is 1. The molecule has 0 saturated carbocycles. The first kappa shape index (κ1) is 30.8. The SMILES string of the molecule is COc1cc(-n2cnnn2)ccc1NC(=O)O[C@H]1N[C@@H](CC(C)(C)C)[C@@]2(C(=O)Nc3cc(Cl)ccc32)[C@H]1c1cccc(Cl)c1F. The molecule has 2 aliphatic rings. The van der Waals surface area contributed by atoms with Crippen molar-refractivity contribution in [2.24, 2.45) is 5.41 Å². The molecule has 0 unspecified atom stereocenters. The quantitative estimate of drug-likeness (QED) is 0.228. The third kappa shape index (κ3) is 5.47. The Hall–Kier alpha value is -4.26. The fourth-order valence-electron chi connectivity index (χ4n) is 6.43. The summed E-state index contributed by atoms with van der Waals surface area (Å²) in [6.07, 6.45) is -0.0971. The average molecular weight is 655 g/mol. The molecule has 234 valence electrons. The summed E-state index contributed by atoms with van der Waals surface area (Å²) in [6, 6.07) is 14.1. The van der Waals surface area contributed by atoms with Gasteiger partial charge in [0.25, 0.3) is 0 Å². The maximum atomic E-state index is 15.9. The number of tetrazole rings is 1. The molecule has 0 radical (unpaired) electrons. The average Bonchev–Trinajstić information content (AvgIpc) is 3.68. The van der Waals surface area contributed by atoms with Crippen LogP contribution in [0.15, 0.2) is 60.9 Å². The van der Waals surface area contributed by atoms with E-state index in [9.17, 15) is 9.59 Å². The number of carbonyl (C=O) groups excluding carboxylic acids is 2. The highest BCUT2D eigenvalue weighted by molar-refractivity contribution is 6.31. The van der Waals surface area contributed by atoms with Gasteiger partial charge in [0, 0.05) is 22.8 Å². The molecule has 1 saturated heterocycles. The van der Waals surface area contributed by atoms with Crippen LogP contribution in [-0.2, 0) is 14.9 Å². The number of fused-ring (bicyclic) bond motifs is 2. The van der Waals surface area contributed by atoms with Crippen molar-refractivity contribution in [1.29, 1.82) is 0 Å². The summed E-state index contributed by atoms with van der Waals surface area (Å²) in [4.78, 5) is 27.8. The van der Waals surface area contributed by atoms with Gasteiger partial charge in [0.05, 0.1) is 29.4 Å². The highest BCUT2D eigenvalue weighted by atomic mass is 35.5. The zero-order chi connectivity index (χ0) is 32.1. The highest BCUT2D eigenvalue weighted by Gasteiger charge is 2.66. The Labute approximate surface area is 268 Å². The molecule has 0 bridgehead atoms. The van der Waals surface area contributed by atoms with E-state index in [4.69, 9.17) is 32.7 Å². The van der Waals surface area contributed by atoms with E-state index in [0.29, 0.717) is 39.8 Å². The van der Waals surface area contributed by atoms with Gasteiger partial charge in [-0.15, -0.1) is 5.10 Å². The van der Waals surface area contributed by atoms with Crippen molar-refractivity contribution < 1.29 is 23.5 Å². The van der Waals surface area contributed by atoms with Gasteiger partial charge in [0.2, 0.25) is 5.91 Å². The smallest absolute Gasteiger partial charge is 0.413 e.